The molecule has 0 saturated carbocycles. The standard InChI is InChI=1S/C14H21NO5S/c1-21(18,19)12-4-2-11(3-5-12)13(16)8-15-9-14(17)6-7-20-10-14/h2-5,13,15-17H,6-10H2,1H3. The molecule has 1 aromatic rings. The number of ether oxygens (including phenoxy) is 1. The van der Waals surface area contributed by atoms with Crippen LogP contribution in [0.5, 0.6) is 0 Å². The Balaban J connectivity index is 1.87. The summed E-state index contributed by atoms with van der Waals surface area (Å²) in [5.74, 6) is 0. The molecule has 1 saturated heterocycles. The SMILES string of the molecule is CS(=O)(=O)c1ccc(C(O)CNCC2(O)CCOC2)cc1. The van der Waals surface area contributed by atoms with Gasteiger partial charge in [0.15, 0.2) is 9.84 Å². The fourth-order valence-electron chi connectivity index (χ4n) is 2.23. The van der Waals surface area contributed by atoms with Gasteiger partial charge in [-0.3, -0.25) is 0 Å². The van der Waals surface area contributed by atoms with Crippen molar-refractivity contribution in [1.82, 2.24) is 5.32 Å². The Labute approximate surface area is 124 Å². The Morgan fingerprint density at radius 2 is 2.05 bits per heavy atom. The van der Waals surface area contributed by atoms with Gasteiger partial charge in [0.25, 0.3) is 0 Å². The Kier molecular flexibility index (Phi) is 5.00. The number of aliphatic hydroxyl groups excluding tert-OH is 1. The van der Waals surface area contributed by atoms with Crippen molar-refractivity contribution >= 4 is 9.84 Å². The monoisotopic (exact) mass is 315 g/mol. The van der Waals surface area contributed by atoms with Gasteiger partial charge < -0.3 is 20.3 Å². The van der Waals surface area contributed by atoms with Crippen LogP contribution in [0.15, 0.2) is 29.2 Å². The Morgan fingerprint density at radius 1 is 1.38 bits per heavy atom. The average Bonchev–Trinajstić information content (AvgIpc) is 2.85. The van der Waals surface area contributed by atoms with Crippen molar-refractivity contribution in [3.8, 4) is 0 Å². The van der Waals surface area contributed by atoms with Crippen LogP contribution in [-0.2, 0) is 14.6 Å². The number of aliphatic hydroxyl groups is 2. The van der Waals surface area contributed by atoms with Crippen LogP contribution in [0.25, 0.3) is 0 Å². The largest absolute Gasteiger partial charge is 0.387 e. The van der Waals surface area contributed by atoms with E-state index in [1.54, 1.807) is 12.1 Å². The van der Waals surface area contributed by atoms with Gasteiger partial charge >= 0.3 is 0 Å². The highest BCUT2D eigenvalue weighted by molar-refractivity contribution is 7.90. The summed E-state index contributed by atoms with van der Waals surface area (Å²) in [5, 5.41) is 23.1. The maximum absolute atomic E-state index is 11.4. The molecule has 1 aromatic carbocycles. The molecule has 1 fully saturated rings. The van der Waals surface area contributed by atoms with E-state index in [1.807, 2.05) is 0 Å². The first-order valence-corrected chi connectivity index (χ1v) is 8.68. The van der Waals surface area contributed by atoms with Crippen molar-refractivity contribution < 1.29 is 23.4 Å². The molecule has 1 aliphatic rings. The Bertz CT molecular complexity index is 564. The van der Waals surface area contributed by atoms with E-state index in [4.69, 9.17) is 4.74 Å². The minimum atomic E-state index is -3.23. The van der Waals surface area contributed by atoms with E-state index in [1.165, 1.54) is 12.1 Å². The lowest BCUT2D eigenvalue weighted by Crippen LogP contribution is -2.42. The Morgan fingerprint density at radius 3 is 2.57 bits per heavy atom. The molecule has 0 spiro atoms. The summed E-state index contributed by atoms with van der Waals surface area (Å²) in [4.78, 5) is 0.226. The van der Waals surface area contributed by atoms with Crippen molar-refractivity contribution in [2.75, 3.05) is 32.6 Å². The van der Waals surface area contributed by atoms with E-state index in [-0.39, 0.29) is 11.4 Å². The summed E-state index contributed by atoms with van der Waals surface area (Å²) < 4.78 is 27.8. The summed E-state index contributed by atoms with van der Waals surface area (Å²) in [6.07, 6.45) is 0.966. The molecule has 6 nitrogen and oxygen atoms in total. The van der Waals surface area contributed by atoms with Gasteiger partial charge in [0.05, 0.1) is 17.6 Å². The molecule has 0 radical (unpaired) electrons. The molecule has 1 heterocycles. The normalized spacial score (nSPS) is 24.1. The first kappa shape index (κ1) is 16.4. The topological polar surface area (TPSA) is 95.9 Å². The number of hydrogen-bond donors (Lipinski definition) is 3. The van der Waals surface area contributed by atoms with Gasteiger partial charge in [-0.15, -0.1) is 0 Å². The van der Waals surface area contributed by atoms with Gasteiger partial charge in [-0.05, 0) is 17.7 Å². The van der Waals surface area contributed by atoms with E-state index in [0.717, 1.165) is 6.26 Å². The zero-order valence-electron chi connectivity index (χ0n) is 11.9. The zero-order valence-corrected chi connectivity index (χ0v) is 12.8. The number of nitrogens with one attached hydrogen (secondary N) is 1. The summed E-state index contributed by atoms with van der Waals surface area (Å²) in [7, 11) is -3.23. The maximum Gasteiger partial charge on any atom is 0.175 e. The van der Waals surface area contributed by atoms with Gasteiger partial charge in [-0.25, -0.2) is 8.42 Å². The highest BCUT2D eigenvalue weighted by Gasteiger charge is 2.31. The number of sulfone groups is 1. The summed E-state index contributed by atoms with van der Waals surface area (Å²) in [6.45, 7) is 1.48. The highest BCUT2D eigenvalue weighted by atomic mass is 32.2. The van der Waals surface area contributed by atoms with Gasteiger partial charge in [0.1, 0.15) is 5.60 Å². The van der Waals surface area contributed by atoms with Crippen LogP contribution < -0.4 is 5.32 Å². The second-order valence-corrected chi connectivity index (χ2v) is 7.53. The van der Waals surface area contributed by atoms with Crippen LogP contribution >= 0.6 is 0 Å². The number of hydrogen-bond acceptors (Lipinski definition) is 6. The molecule has 3 N–H and O–H groups in total. The second kappa shape index (κ2) is 6.41. The molecule has 2 atom stereocenters. The smallest absolute Gasteiger partial charge is 0.175 e. The molecule has 118 valence electrons. The molecule has 0 bridgehead atoms. The van der Waals surface area contributed by atoms with Crippen molar-refractivity contribution in [2.24, 2.45) is 0 Å². The number of benzene rings is 1. The average molecular weight is 315 g/mol. The third-order valence-electron chi connectivity index (χ3n) is 3.57. The van der Waals surface area contributed by atoms with Crippen LogP contribution in [0.1, 0.15) is 18.1 Å². The quantitative estimate of drug-likeness (QED) is 0.676. The second-order valence-electron chi connectivity index (χ2n) is 5.51. The fourth-order valence-corrected chi connectivity index (χ4v) is 2.86. The van der Waals surface area contributed by atoms with Crippen LogP contribution in [0, 0.1) is 0 Å². The minimum Gasteiger partial charge on any atom is -0.387 e. The van der Waals surface area contributed by atoms with Gasteiger partial charge in [-0.1, -0.05) is 12.1 Å². The first-order chi connectivity index (χ1) is 9.80. The van der Waals surface area contributed by atoms with Gasteiger partial charge in [0.2, 0.25) is 0 Å². The molecule has 0 amide bonds. The molecule has 0 aliphatic carbocycles. The van der Waals surface area contributed by atoms with Crippen molar-refractivity contribution in [2.45, 2.75) is 23.0 Å². The van der Waals surface area contributed by atoms with E-state index in [2.05, 4.69) is 5.32 Å². The van der Waals surface area contributed by atoms with Gasteiger partial charge in [-0.2, -0.15) is 0 Å². The lowest BCUT2D eigenvalue weighted by molar-refractivity contribution is 0.0244. The predicted molar refractivity (Wildman–Crippen MR) is 77.8 cm³/mol. The van der Waals surface area contributed by atoms with Crippen molar-refractivity contribution in [1.29, 1.82) is 0 Å². The highest BCUT2D eigenvalue weighted by Crippen LogP contribution is 2.18. The summed E-state index contributed by atoms with van der Waals surface area (Å²) in [6, 6.07) is 6.14. The molecular weight excluding hydrogens is 294 g/mol. The summed E-state index contributed by atoms with van der Waals surface area (Å²) in [5.41, 5.74) is -0.232. The summed E-state index contributed by atoms with van der Waals surface area (Å²) >= 11 is 0. The molecule has 2 rings (SSSR count). The molecular formula is C14H21NO5S. The predicted octanol–water partition coefficient (Wildman–Crippen LogP) is -0.135. The molecule has 7 heteroatoms. The van der Waals surface area contributed by atoms with Crippen LogP contribution in [0.2, 0.25) is 0 Å². The third kappa shape index (κ3) is 4.49. The van der Waals surface area contributed by atoms with Crippen molar-refractivity contribution in [3.05, 3.63) is 29.8 Å². The Hall–Kier alpha value is -0.990. The van der Waals surface area contributed by atoms with Crippen LogP contribution in [0.3, 0.4) is 0 Å². The van der Waals surface area contributed by atoms with E-state index >= 15 is 0 Å². The first-order valence-electron chi connectivity index (χ1n) is 6.79. The molecule has 1 aliphatic heterocycles. The molecule has 2 unspecified atom stereocenters. The minimum absolute atomic E-state index is 0.226. The lowest BCUT2D eigenvalue weighted by atomic mass is 10.0. The van der Waals surface area contributed by atoms with E-state index in [0.29, 0.717) is 31.7 Å². The fraction of sp³-hybridized carbons (Fsp3) is 0.571. The van der Waals surface area contributed by atoms with E-state index in [9.17, 15) is 18.6 Å². The van der Waals surface area contributed by atoms with Gasteiger partial charge in [0, 0.05) is 32.4 Å². The van der Waals surface area contributed by atoms with E-state index < -0.39 is 21.5 Å². The third-order valence-corrected chi connectivity index (χ3v) is 4.70. The maximum atomic E-state index is 11.4. The number of rotatable bonds is 6. The molecule has 21 heavy (non-hydrogen) atoms. The van der Waals surface area contributed by atoms with Crippen LogP contribution in [0.4, 0.5) is 0 Å². The lowest BCUT2D eigenvalue weighted by Gasteiger charge is -2.22. The van der Waals surface area contributed by atoms with Crippen LogP contribution in [-0.4, -0.2) is 56.8 Å². The zero-order chi connectivity index (χ0) is 15.5. The van der Waals surface area contributed by atoms with Crippen molar-refractivity contribution in [3.63, 3.8) is 0 Å². The molecule has 0 aromatic heterocycles.